The van der Waals surface area contributed by atoms with E-state index in [1.54, 1.807) is 6.20 Å². The largest absolute Gasteiger partial charge is 0.301 e. The van der Waals surface area contributed by atoms with Gasteiger partial charge < -0.3 is 5.32 Å². The summed E-state index contributed by atoms with van der Waals surface area (Å²) in [6.07, 6.45) is 3.16. The van der Waals surface area contributed by atoms with E-state index in [0.29, 0.717) is 5.13 Å². The Labute approximate surface area is 130 Å². The Morgan fingerprint density at radius 2 is 2.15 bits per heavy atom. The molecule has 0 radical (unpaired) electrons. The number of nitrogens with zero attached hydrogens (tertiary/aromatic N) is 1. The molecule has 108 valence electrons. The number of carbonyl (C=O) groups is 2. The SMILES string of the molecule is CC1(C)[C@]2(C)CC[C@@]1(C(=O)Nc1nccs1)[C@@H](Br)C2=O. The lowest BCUT2D eigenvalue weighted by Crippen LogP contribution is -2.47. The van der Waals surface area contributed by atoms with Crippen molar-refractivity contribution in [3.63, 3.8) is 0 Å². The van der Waals surface area contributed by atoms with Crippen LogP contribution in [0.2, 0.25) is 0 Å². The Balaban J connectivity index is 2.02. The van der Waals surface area contributed by atoms with Crippen LogP contribution in [0, 0.1) is 16.2 Å². The van der Waals surface area contributed by atoms with Crippen LogP contribution in [0.1, 0.15) is 33.6 Å². The molecular formula is C14H17BrN2O2S. The zero-order valence-corrected chi connectivity index (χ0v) is 14.1. The highest BCUT2D eigenvalue weighted by molar-refractivity contribution is 9.10. The highest BCUT2D eigenvalue weighted by Crippen LogP contribution is 2.72. The normalized spacial score (nSPS) is 38.2. The van der Waals surface area contributed by atoms with Gasteiger partial charge >= 0.3 is 0 Å². The summed E-state index contributed by atoms with van der Waals surface area (Å²) >= 11 is 4.90. The summed E-state index contributed by atoms with van der Waals surface area (Å²) in [7, 11) is 0. The average molecular weight is 357 g/mol. The number of thiazole rings is 1. The standard InChI is InChI=1S/C14H17BrN2O2S/c1-12(2)13(3)4-5-14(12,8(15)9(13)18)10(19)17-11-16-6-7-20-11/h6-8H,4-5H2,1-3H3,(H,16,17,19)/t8-,13+,14-/m0/s1. The number of aromatic nitrogens is 1. The van der Waals surface area contributed by atoms with Crippen LogP contribution in [0.5, 0.6) is 0 Å². The Bertz CT molecular complexity index is 586. The maximum atomic E-state index is 12.9. The Morgan fingerprint density at radius 1 is 1.45 bits per heavy atom. The topological polar surface area (TPSA) is 59.1 Å². The molecule has 1 N–H and O–H groups in total. The van der Waals surface area contributed by atoms with Crippen LogP contribution in [0.25, 0.3) is 0 Å². The van der Waals surface area contributed by atoms with E-state index in [0.717, 1.165) is 12.8 Å². The Kier molecular flexibility index (Phi) is 2.93. The number of Topliss-reactive ketones (excluding diaryl/α,β-unsaturated/α-hetero) is 1. The maximum absolute atomic E-state index is 12.9. The number of alkyl halides is 1. The third kappa shape index (κ3) is 1.39. The van der Waals surface area contributed by atoms with Crippen LogP contribution in [-0.4, -0.2) is 21.5 Å². The smallest absolute Gasteiger partial charge is 0.234 e. The van der Waals surface area contributed by atoms with E-state index >= 15 is 0 Å². The summed E-state index contributed by atoms with van der Waals surface area (Å²) in [5, 5.41) is 5.30. The molecule has 2 aliphatic rings. The molecule has 0 aliphatic heterocycles. The van der Waals surface area contributed by atoms with Gasteiger partial charge in [0.15, 0.2) is 10.9 Å². The zero-order valence-electron chi connectivity index (χ0n) is 11.7. The van der Waals surface area contributed by atoms with E-state index in [1.807, 2.05) is 26.2 Å². The van der Waals surface area contributed by atoms with E-state index in [4.69, 9.17) is 0 Å². The first-order valence-electron chi connectivity index (χ1n) is 6.67. The fraction of sp³-hybridized carbons (Fsp3) is 0.643. The molecule has 1 aromatic heterocycles. The number of carbonyl (C=O) groups excluding carboxylic acids is 2. The van der Waals surface area contributed by atoms with Gasteiger partial charge in [-0.15, -0.1) is 11.3 Å². The van der Waals surface area contributed by atoms with E-state index in [1.165, 1.54) is 11.3 Å². The van der Waals surface area contributed by atoms with Gasteiger partial charge in [0.05, 0.1) is 10.2 Å². The molecule has 1 amide bonds. The molecule has 0 unspecified atom stereocenters. The number of hydrogen-bond acceptors (Lipinski definition) is 4. The van der Waals surface area contributed by atoms with Gasteiger partial charge in [0, 0.05) is 17.0 Å². The van der Waals surface area contributed by atoms with Crippen molar-refractivity contribution in [2.75, 3.05) is 5.32 Å². The van der Waals surface area contributed by atoms with Gasteiger partial charge in [-0.1, -0.05) is 36.7 Å². The summed E-state index contributed by atoms with van der Waals surface area (Å²) < 4.78 is 0. The number of rotatable bonds is 2. The number of halogens is 1. The predicted octanol–water partition coefficient (Wildman–Crippen LogP) is 3.24. The maximum Gasteiger partial charge on any atom is 0.234 e. The quantitative estimate of drug-likeness (QED) is 0.827. The zero-order chi connectivity index (χ0) is 14.8. The summed E-state index contributed by atoms with van der Waals surface area (Å²) in [5.41, 5.74) is -1.49. The first-order valence-corrected chi connectivity index (χ1v) is 8.46. The third-order valence-electron chi connectivity index (χ3n) is 5.78. The van der Waals surface area contributed by atoms with E-state index in [9.17, 15) is 9.59 Å². The lowest BCUT2D eigenvalue weighted by molar-refractivity contribution is -0.130. The fourth-order valence-corrected chi connectivity index (χ4v) is 5.99. The average Bonchev–Trinajstić information content (AvgIpc) is 2.97. The van der Waals surface area contributed by atoms with Crippen molar-refractivity contribution >= 4 is 44.1 Å². The second-order valence-electron chi connectivity index (χ2n) is 6.45. The minimum Gasteiger partial charge on any atom is -0.301 e. The van der Waals surface area contributed by atoms with E-state index in [2.05, 4.69) is 26.2 Å². The molecule has 3 rings (SSSR count). The molecule has 4 nitrogen and oxygen atoms in total. The second kappa shape index (κ2) is 4.13. The van der Waals surface area contributed by atoms with Gasteiger partial charge in [-0.2, -0.15) is 0 Å². The van der Waals surface area contributed by atoms with Crippen LogP contribution >= 0.6 is 27.3 Å². The first-order chi connectivity index (χ1) is 9.27. The van der Waals surface area contributed by atoms with Gasteiger partial charge in [0.1, 0.15) is 0 Å². The van der Waals surface area contributed by atoms with Crippen molar-refractivity contribution in [2.45, 2.75) is 38.4 Å². The van der Waals surface area contributed by atoms with Crippen LogP contribution < -0.4 is 5.32 Å². The van der Waals surface area contributed by atoms with Gasteiger partial charge in [0.2, 0.25) is 5.91 Å². The molecule has 3 atom stereocenters. The molecule has 20 heavy (non-hydrogen) atoms. The molecule has 2 aliphatic carbocycles. The summed E-state index contributed by atoms with van der Waals surface area (Å²) in [6, 6.07) is 0. The van der Waals surface area contributed by atoms with Crippen molar-refractivity contribution in [2.24, 2.45) is 16.2 Å². The fourth-order valence-electron chi connectivity index (χ4n) is 3.95. The Morgan fingerprint density at radius 3 is 2.65 bits per heavy atom. The molecule has 2 bridgehead atoms. The van der Waals surface area contributed by atoms with Crippen LogP contribution in [-0.2, 0) is 9.59 Å². The number of anilines is 1. The van der Waals surface area contributed by atoms with E-state index < -0.39 is 15.7 Å². The molecule has 1 heterocycles. The monoisotopic (exact) mass is 356 g/mol. The van der Waals surface area contributed by atoms with Crippen LogP contribution in [0.3, 0.4) is 0 Å². The minimum absolute atomic E-state index is 0.0890. The van der Waals surface area contributed by atoms with Crippen molar-refractivity contribution in [1.29, 1.82) is 0 Å². The summed E-state index contributed by atoms with van der Waals surface area (Å²) in [6.45, 7) is 6.08. The van der Waals surface area contributed by atoms with Gasteiger partial charge in [-0.25, -0.2) is 4.98 Å². The van der Waals surface area contributed by atoms with E-state index in [-0.39, 0.29) is 17.1 Å². The lowest BCUT2D eigenvalue weighted by atomic mass is 9.64. The lowest BCUT2D eigenvalue weighted by Gasteiger charge is -2.39. The molecule has 2 saturated carbocycles. The molecule has 0 saturated heterocycles. The predicted molar refractivity (Wildman–Crippen MR) is 82.0 cm³/mol. The second-order valence-corrected chi connectivity index (χ2v) is 8.26. The van der Waals surface area contributed by atoms with Crippen molar-refractivity contribution < 1.29 is 9.59 Å². The number of amides is 1. The highest BCUT2D eigenvalue weighted by Gasteiger charge is 2.76. The molecule has 6 heteroatoms. The van der Waals surface area contributed by atoms with Crippen molar-refractivity contribution in [3.05, 3.63) is 11.6 Å². The number of ketones is 1. The molecule has 0 spiro atoms. The van der Waals surface area contributed by atoms with Crippen LogP contribution in [0.15, 0.2) is 11.6 Å². The summed E-state index contributed by atoms with van der Waals surface area (Å²) in [5.74, 6) is 0.0666. The summed E-state index contributed by atoms with van der Waals surface area (Å²) in [4.78, 5) is 29.1. The number of fused-ring (bicyclic) bond motifs is 2. The molecule has 2 fully saturated rings. The molecule has 1 aromatic rings. The van der Waals surface area contributed by atoms with Gasteiger partial charge in [0.25, 0.3) is 0 Å². The van der Waals surface area contributed by atoms with Crippen LogP contribution in [0.4, 0.5) is 5.13 Å². The van der Waals surface area contributed by atoms with Crippen molar-refractivity contribution in [3.8, 4) is 0 Å². The first kappa shape index (κ1) is 14.2. The van der Waals surface area contributed by atoms with Crippen molar-refractivity contribution in [1.82, 2.24) is 4.98 Å². The van der Waals surface area contributed by atoms with Gasteiger partial charge in [-0.3, -0.25) is 9.59 Å². The number of hydrogen-bond donors (Lipinski definition) is 1. The molecular weight excluding hydrogens is 340 g/mol. The minimum atomic E-state index is -0.690. The third-order valence-corrected chi connectivity index (χ3v) is 7.66. The molecule has 0 aromatic carbocycles. The van der Waals surface area contributed by atoms with Gasteiger partial charge in [-0.05, 0) is 18.3 Å². The number of nitrogens with one attached hydrogen (secondary N) is 1. The highest BCUT2D eigenvalue weighted by atomic mass is 79.9. The Hall–Kier alpha value is -0.750.